The maximum atomic E-state index is 13.2. The first kappa shape index (κ1) is 99.5. The third-order valence-electron chi connectivity index (χ3n) is 32.2. The summed E-state index contributed by atoms with van der Waals surface area (Å²) in [5.74, 6) is -0.866. The van der Waals surface area contributed by atoms with Crippen molar-refractivity contribution in [1.82, 2.24) is 0 Å². The molecule has 0 atom stereocenters. The molecule has 1 heterocycles. The van der Waals surface area contributed by atoms with Gasteiger partial charge in [0.15, 0.2) is 0 Å². The molecule has 0 N–H and O–H groups in total. The van der Waals surface area contributed by atoms with E-state index in [1.807, 2.05) is 51.1 Å². The van der Waals surface area contributed by atoms with Crippen molar-refractivity contribution in [3.05, 3.63) is 356 Å². The molecule has 18 aromatic rings. The zero-order valence-corrected chi connectivity index (χ0v) is 91.1. The molecule has 724 valence electrons. The van der Waals surface area contributed by atoms with Gasteiger partial charge in [-0.15, -0.1) is 0 Å². The molecule has 1 fully saturated rings. The topological polar surface area (TPSA) is 166 Å². The van der Waals surface area contributed by atoms with Gasteiger partial charge in [0.05, 0.1) is 47.7 Å². The lowest BCUT2D eigenvalue weighted by molar-refractivity contribution is -0.193. The van der Waals surface area contributed by atoms with Crippen LogP contribution in [0.3, 0.4) is 0 Å². The second-order valence-electron chi connectivity index (χ2n) is 42.4. The number of benzene rings is 18. The summed E-state index contributed by atoms with van der Waals surface area (Å²) < 4.78 is 33.2. The Kier molecular flexibility index (Phi) is 25.3. The maximum absolute atomic E-state index is 13.2. The highest BCUT2D eigenvalue weighted by Gasteiger charge is 2.53. The van der Waals surface area contributed by atoms with Crippen LogP contribution in [0.2, 0.25) is 0 Å². The first-order chi connectivity index (χ1) is 69.1. The van der Waals surface area contributed by atoms with Crippen molar-refractivity contribution >= 4 is 171 Å². The van der Waals surface area contributed by atoms with Crippen LogP contribution >= 0.6 is 63.7 Å². The van der Waals surface area contributed by atoms with E-state index in [1.54, 1.807) is 0 Å². The van der Waals surface area contributed by atoms with Crippen molar-refractivity contribution in [2.24, 2.45) is 0 Å². The normalized spacial score (nSPS) is 15.3. The van der Waals surface area contributed by atoms with Gasteiger partial charge in [0, 0.05) is 45.0 Å². The lowest BCUT2D eigenvalue weighted by Gasteiger charge is -2.32. The highest BCUT2D eigenvalue weighted by Crippen LogP contribution is 2.60. The van der Waals surface area contributed by atoms with Gasteiger partial charge in [-0.05, 0) is 383 Å². The molecule has 1 aliphatic heterocycles. The van der Waals surface area contributed by atoms with Crippen LogP contribution in [0.4, 0.5) is 0 Å². The van der Waals surface area contributed by atoms with Crippen molar-refractivity contribution in [3.8, 4) is 100 Å². The third kappa shape index (κ3) is 16.0. The number of rotatable bonds is 13. The van der Waals surface area contributed by atoms with E-state index in [4.69, 9.17) is 42.7 Å². The largest absolute Gasteiger partial charge is 0.494 e. The molecular weight excluding hydrogens is 2060 g/mol. The zero-order valence-electron chi connectivity index (χ0n) is 84.8. The van der Waals surface area contributed by atoms with Crippen LogP contribution in [0.5, 0.6) is 0 Å². The lowest BCUT2D eigenvalue weighted by Crippen LogP contribution is -2.41. The Hall–Kier alpha value is -12.9. The molecule has 12 nitrogen and oxygen atoms in total. The van der Waals surface area contributed by atoms with Crippen LogP contribution < -0.4 is 5.46 Å². The molecule has 24 rings (SSSR count). The van der Waals surface area contributed by atoms with E-state index in [0.717, 1.165) is 75.1 Å². The van der Waals surface area contributed by atoms with Crippen molar-refractivity contribution in [3.63, 3.8) is 0 Å². The standard InChI is InChI=1S/C86H74O4.C24H29BO4.C16H6Br4.2CO2/c1-13-47-17-25-55-57-27-19-49(39-73(57)83(5,6)71(55)37-47)67-45-69(51-21-29-59-61-31-23-53(81(87)89-15-3)43-77(61)85(9,10)75(59)41-51)65-35-36-66-70(52-22-30-60-62-32-24-54(82(88)90-16-4)44-78(62)86(11,12)76(60)42-52)46-68(64-34-33-63(67)79(65)80(64)66)50-20-28-58-56-26-18-48(14-2)38-72(56)84(7,8)74(58)40-50;1-8-27-21(26)15-9-11-17-18-12-10-16(14-20(18)22(2,3)19(17)13-15)25-28-23(4,5)24(6,7)29-25;17-11-5-13(19)9-3-4-10-14(20)6-12(18)8-2-1-7(11)15(9)16(8)10;2*2-1-3/h17-46H,13-16H2,1-12H3;9-14H,8H2,1-7H3;1-6H;;. The minimum absolute atomic E-state index is 0.199. The highest BCUT2D eigenvalue weighted by atomic mass is 79.9. The van der Waals surface area contributed by atoms with E-state index in [0.29, 0.717) is 36.5 Å². The number of hydrogen-bond donors (Lipinski definition) is 0. The van der Waals surface area contributed by atoms with E-state index in [1.165, 1.54) is 193 Å². The van der Waals surface area contributed by atoms with Crippen molar-refractivity contribution in [2.45, 2.75) is 183 Å². The Morgan fingerprint density at radius 2 is 0.469 bits per heavy atom. The smallest absolute Gasteiger partial charge is 0.462 e. The van der Waals surface area contributed by atoms with Crippen LogP contribution in [0.15, 0.2) is 273 Å². The monoisotopic (exact) mass is 2160 g/mol. The summed E-state index contributed by atoms with van der Waals surface area (Å²) in [6.07, 6.45) is 2.49. The Balaban J connectivity index is 0.000000187. The van der Waals surface area contributed by atoms with Crippen molar-refractivity contribution < 1.29 is 57.1 Å². The van der Waals surface area contributed by atoms with Gasteiger partial charge in [0.1, 0.15) is 0 Å². The van der Waals surface area contributed by atoms with Crippen LogP contribution in [-0.2, 0) is 82.6 Å². The van der Waals surface area contributed by atoms with Gasteiger partial charge >= 0.3 is 37.3 Å². The second kappa shape index (κ2) is 36.9. The number of carbonyl (C=O) groups excluding carboxylic acids is 7. The molecule has 18 aromatic carbocycles. The maximum Gasteiger partial charge on any atom is 0.494 e. The number of halogens is 4. The van der Waals surface area contributed by atoms with Crippen LogP contribution in [-0.4, -0.2) is 68.4 Å². The predicted molar refractivity (Wildman–Crippen MR) is 599 cm³/mol. The van der Waals surface area contributed by atoms with Crippen LogP contribution in [0, 0.1) is 0 Å². The Bertz CT molecular complexity index is 8110. The average molecular weight is 2170 g/mol. The van der Waals surface area contributed by atoms with Gasteiger partial charge in [0.2, 0.25) is 0 Å². The fourth-order valence-corrected chi connectivity index (χ4v) is 26.7. The number of aryl methyl sites for hydroxylation is 2. The van der Waals surface area contributed by atoms with Gasteiger partial charge in [0.25, 0.3) is 0 Å². The Morgan fingerprint density at radius 1 is 0.255 bits per heavy atom. The summed E-state index contributed by atoms with van der Waals surface area (Å²) in [7, 11) is -0.389. The molecule has 0 amide bonds. The summed E-state index contributed by atoms with van der Waals surface area (Å²) in [5.41, 5.74) is 37.8. The third-order valence-corrected chi connectivity index (χ3v) is 34.9. The fraction of sp³-hybridized carbons (Fsp3) is 0.242. The molecule has 145 heavy (non-hydrogen) atoms. The molecular formula is C128H109BBr4O12. The molecule has 5 aliphatic carbocycles. The van der Waals surface area contributed by atoms with Crippen LogP contribution in [0.1, 0.15) is 229 Å². The fourth-order valence-electron chi connectivity index (χ4n) is 23.8. The molecule has 1 saturated heterocycles. The van der Waals surface area contributed by atoms with Gasteiger partial charge < -0.3 is 23.5 Å². The highest BCUT2D eigenvalue weighted by molar-refractivity contribution is 9.11. The van der Waals surface area contributed by atoms with E-state index in [2.05, 4.69) is 399 Å². The van der Waals surface area contributed by atoms with Crippen molar-refractivity contribution in [1.29, 1.82) is 0 Å². The summed E-state index contributed by atoms with van der Waals surface area (Å²) in [5, 5.41) is 14.9. The lowest BCUT2D eigenvalue weighted by atomic mass is 9.74. The first-order valence-corrected chi connectivity index (χ1v) is 52.8. The molecule has 6 aliphatic rings. The zero-order chi connectivity index (χ0) is 103. The van der Waals surface area contributed by atoms with Gasteiger partial charge in [-0.1, -0.05) is 317 Å². The van der Waals surface area contributed by atoms with Crippen LogP contribution in [0.25, 0.3) is 165 Å². The number of carbonyl (C=O) groups is 3. The molecule has 0 spiro atoms. The van der Waals surface area contributed by atoms with E-state index >= 15 is 0 Å². The molecule has 17 heteroatoms. The van der Waals surface area contributed by atoms with E-state index in [-0.39, 0.29) is 64.8 Å². The summed E-state index contributed by atoms with van der Waals surface area (Å²) in [6, 6.07) is 95.0. The number of fused-ring (bicyclic) bond motifs is 15. The molecule has 0 saturated carbocycles. The first-order valence-electron chi connectivity index (χ1n) is 49.7. The predicted octanol–water partition coefficient (Wildman–Crippen LogP) is 32.9. The second-order valence-corrected chi connectivity index (χ2v) is 45.8. The summed E-state index contributed by atoms with van der Waals surface area (Å²) in [6.45, 7) is 42.5. The Morgan fingerprint density at radius 3 is 0.724 bits per heavy atom. The molecule has 0 radical (unpaired) electrons. The van der Waals surface area contributed by atoms with Gasteiger partial charge in [-0.2, -0.15) is 19.2 Å². The minimum Gasteiger partial charge on any atom is -0.462 e. The average Bonchev–Trinajstić information content (AvgIpc) is 1.55. The van der Waals surface area contributed by atoms with Crippen molar-refractivity contribution in [2.75, 3.05) is 19.8 Å². The van der Waals surface area contributed by atoms with Gasteiger partial charge in [-0.3, -0.25) is 0 Å². The summed E-state index contributed by atoms with van der Waals surface area (Å²) >= 11 is 14.7. The van der Waals surface area contributed by atoms with E-state index < -0.39 is 10.8 Å². The number of hydrogen-bond acceptors (Lipinski definition) is 12. The number of ether oxygens (including phenoxy) is 3. The quantitative estimate of drug-likeness (QED) is 0.0465. The minimum atomic E-state index is -0.392. The molecule has 0 bridgehead atoms. The molecule has 0 unspecified atom stereocenters. The van der Waals surface area contributed by atoms with E-state index in [9.17, 15) is 14.4 Å². The van der Waals surface area contributed by atoms with Gasteiger partial charge in [-0.25, -0.2) is 14.4 Å². The SMILES string of the molecule is Brc1cc(Br)c2ccc3c(Br)cc(Br)c4ccc1c2c43.CCOC(=O)c1ccc2c(c1)C(C)(C)c1cc(-c3cc(-c4ccc5c(c4)C(C)(C)c4cc(CC)ccc4-5)c4ccc5c(-c6ccc7c(c6)C(C)(C)c6cc(CC)ccc6-7)cc(-c6ccc7c(c6)C(C)(C)c6cc(C(=O)OCC)ccc6-7)c6ccc3c4c56)ccc1-2.CCOC(=O)c1ccc2c(c1)C(C)(C)c1cc(B3OC(C)(C)C(C)(C)O3)ccc1-2.O=C=O.O=C=O. The molecule has 0 aromatic heterocycles. The summed E-state index contributed by atoms with van der Waals surface area (Å²) in [4.78, 5) is 71.2. The Labute approximate surface area is 879 Å². The number of esters is 3.